The number of rotatable bonds is 3. The molecule has 0 bridgehead atoms. The maximum absolute atomic E-state index is 11.1. The first-order valence-electron chi connectivity index (χ1n) is 6.92. The molecule has 0 aliphatic carbocycles. The van der Waals surface area contributed by atoms with Gasteiger partial charge in [-0.1, -0.05) is 0 Å². The minimum atomic E-state index is -0.735. The van der Waals surface area contributed by atoms with Gasteiger partial charge in [0.05, 0.1) is 0 Å². The summed E-state index contributed by atoms with van der Waals surface area (Å²) in [6, 6.07) is 7.12. The van der Waals surface area contributed by atoms with E-state index in [0.717, 1.165) is 17.7 Å². The van der Waals surface area contributed by atoms with Crippen molar-refractivity contribution in [1.82, 2.24) is 14.8 Å². The Bertz CT molecular complexity index is 663. The maximum Gasteiger partial charge on any atom is 0.271 e. The third-order valence-corrected chi connectivity index (χ3v) is 3.74. The first kappa shape index (κ1) is 13.5. The van der Waals surface area contributed by atoms with Crippen LogP contribution in [0.25, 0.3) is 11.4 Å². The van der Waals surface area contributed by atoms with Crippen LogP contribution in [0.4, 0.5) is 5.69 Å². The minimum absolute atomic E-state index is 0.265. The van der Waals surface area contributed by atoms with Crippen LogP contribution in [-0.2, 0) is 6.54 Å². The van der Waals surface area contributed by atoms with Gasteiger partial charge in [-0.2, -0.15) is 5.10 Å². The van der Waals surface area contributed by atoms with Crippen LogP contribution in [0, 0.1) is 10.1 Å². The van der Waals surface area contributed by atoms with E-state index in [1.807, 2.05) is 43.3 Å². The number of nitrogens with zero attached hydrogens (tertiary/aromatic N) is 5. The second-order valence-electron chi connectivity index (χ2n) is 5.40. The van der Waals surface area contributed by atoms with Gasteiger partial charge in [0.2, 0.25) is 5.82 Å². The Morgan fingerprint density at radius 2 is 2.05 bits per heavy atom. The lowest BCUT2D eigenvalue weighted by atomic mass is 10.1. The number of aromatic nitrogens is 3. The highest BCUT2D eigenvalue weighted by Gasteiger charge is 2.33. The quantitative estimate of drug-likeness (QED) is 0.638. The van der Waals surface area contributed by atoms with Crippen LogP contribution < -0.4 is 4.90 Å². The average Bonchev–Trinajstić information content (AvgIpc) is 2.90. The molecule has 0 fully saturated rings. The van der Waals surface area contributed by atoms with Crippen molar-refractivity contribution in [2.75, 3.05) is 19.0 Å². The van der Waals surface area contributed by atoms with E-state index in [9.17, 15) is 10.1 Å². The fourth-order valence-corrected chi connectivity index (χ4v) is 2.56. The second-order valence-corrected chi connectivity index (χ2v) is 5.40. The van der Waals surface area contributed by atoms with Gasteiger partial charge in [-0.25, -0.2) is 9.67 Å². The molecular weight excluding hydrogens is 270 g/mol. The number of nitro groups is 1. The van der Waals surface area contributed by atoms with E-state index in [0.29, 0.717) is 24.6 Å². The Balaban J connectivity index is 1.95. The summed E-state index contributed by atoms with van der Waals surface area (Å²) in [5.41, 5.74) is 1.97. The van der Waals surface area contributed by atoms with E-state index >= 15 is 0 Å². The van der Waals surface area contributed by atoms with Gasteiger partial charge in [-0.3, -0.25) is 10.1 Å². The fraction of sp³-hybridized carbons (Fsp3) is 0.429. The van der Waals surface area contributed by atoms with E-state index in [2.05, 4.69) is 10.1 Å². The van der Waals surface area contributed by atoms with Gasteiger partial charge in [-0.15, -0.1) is 0 Å². The van der Waals surface area contributed by atoms with Gasteiger partial charge in [0.15, 0.2) is 5.82 Å². The smallest absolute Gasteiger partial charge is 0.271 e. The van der Waals surface area contributed by atoms with E-state index in [4.69, 9.17) is 0 Å². The predicted octanol–water partition coefficient (Wildman–Crippen LogP) is 2.12. The van der Waals surface area contributed by atoms with Gasteiger partial charge in [0, 0.05) is 43.2 Å². The number of hydrogen-bond acceptors (Lipinski definition) is 5. The molecule has 0 amide bonds. The summed E-state index contributed by atoms with van der Waals surface area (Å²) >= 11 is 0. The van der Waals surface area contributed by atoms with Crippen molar-refractivity contribution in [3.8, 4) is 11.4 Å². The fourth-order valence-electron chi connectivity index (χ4n) is 2.56. The van der Waals surface area contributed by atoms with E-state index in [1.165, 1.54) is 0 Å². The van der Waals surface area contributed by atoms with Crippen LogP contribution in [-0.4, -0.2) is 33.8 Å². The van der Waals surface area contributed by atoms with Crippen LogP contribution >= 0.6 is 0 Å². The highest BCUT2D eigenvalue weighted by molar-refractivity contribution is 5.60. The number of benzene rings is 1. The summed E-state index contributed by atoms with van der Waals surface area (Å²) in [7, 11) is 3.95. The van der Waals surface area contributed by atoms with Crippen molar-refractivity contribution < 1.29 is 4.92 Å². The molecule has 0 N–H and O–H groups in total. The molecule has 0 saturated heterocycles. The van der Waals surface area contributed by atoms with Gasteiger partial charge in [0.25, 0.3) is 6.04 Å². The molecule has 7 heteroatoms. The van der Waals surface area contributed by atoms with Crippen LogP contribution in [0.1, 0.15) is 24.7 Å². The third-order valence-electron chi connectivity index (χ3n) is 3.74. The molecule has 21 heavy (non-hydrogen) atoms. The Hall–Kier alpha value is -2.44. The summed E-state index contributed by atoms with van der Waals surface area (Å²) in [4.78, 5) is 17.2. The number of aryl methyl sites for hydroxylation is 1. The first-order chi connectivity index (χ1) is 10.1. The molecule has 1 aliphatic rings. The highest BCUT2D eigenvalue weighted by atomic mass is 16.6. The summed E-state index contributed by atoms with van der Waals surface area (Å²) in [5.74, 6) is 1.03. The molecule has 0 radical (unpaired) electrons. The summed E-state index contributed by atoms with van der Waals surface area (Å²) in [5, 5.41) is 15.5. The molecule has 1 aromatic heterocycles. The van der Waals surface area contributed by atoms with Crippen LogP contribution in [0.3, 0.4) is 0 Å². The SMILES string of the molecule is CN(C)c1ccc(-c2nc3n(n2)CCCC3[N+](=O)[O-])cc1. The summed E-state index contributed by atoms with van der Waals surface area (Å²) < 4.78 is 1.67. The van der Waals surface area contributed by atoms with Crippen molar-refractivity contribution in [3.05, 3.63) is 40.2 Å². The molecule has 1 aliphatic heterocycles. The van der Waals surface area contributed by atoms with E-state index in [1.54, 1.807) is 4.68 Å². The van der Waals surface area contributed by atoms with Crippen LogP contribution in [0.5, 0.6) is 0 Å². The highest BCUT2D eigenvalue weighted by Crippen LogP contribution is 2.28. The first-order valence-corrected chi connectivity index (χ1v) is 6.92. The molecule has 0 spiro atoms. The van der Waals surface area contributed by atoms with Crippen molar-refractivity contribution >= 4 is 5.69 Å². The Labute approximate surface area is 122 Å². The molecular formula is C14H17N5O2. The van der Waals surface area contributed by atoms with E-state index < -0.39 is 6.04 Å². The molecule has 1 atom stereocenters. The molecule has 7 nitrogen and oxygen atoms in total. The summed E-state index contributed by atoms with van der Waals surface area (Å²) in [6.45, 7) is 0.697. The van der Waals surface area contributed by atoms with Crippen molar-refractivity contribution in [2.45, 2.75) is 25.4 Å². The van der Waals surface area contributed by atoms with Crippen molar-refractivity contribution in [1.29, 1.82) is 0 Å². The maximum atomic E-state index is 11.1. The Morgan fingerprint density at radius 1 is 1.33 bits per heavy atom. The van der Waals surface area contributed by atoms with Gasteiger partial charge in [-0.05, 0) is 30.7 Å². The topological polar surface area (TPSA) is 77.1 Å². The van der Waals surface area contributed by atoms with Crippen molar-refractivity contribution in [3.63, 3.8) is 0 Å². The second kappa shape index (κ2) is 5.16. The van der Waals surface area contributed by atoms with Crippen molar-refractivity contribution in [2.24, 2.45) is 0 Å². The van der Waals surface area contributed by atoms with E-state index in [-0.39, 0.29) is 4.92 Å². The number of hydrogen-bond donors (Lipinski definition) is 0. The number of anilines is 1. The molecule has 110 valence electrons. The Morgan fingerprint density at radius 3 is 2.67 bits per heavy atom. The molecule has 1 unspecified atom stereocenters. The zero-order chi connectivity index (χ0) is 15.0. The molecule has 1 aromatic carbocycles. The van der Waals surface area contributed by atoms with Gasteiger partial charge < -0.3 is 4.90 Å². The van der Waals surface area contributed by atoms with Crippen LogP contribution in [0.15, 0.2) is 24.3 Å². The average molecular weight is 287 g/mol. The third kappa shape index (κ3) is 2.46. The lowest BCUT2D eigenvalue weighted by Crippen LogP contribution is -2.22. The lowest BCUT2D eigenvalue weighted by Gasteiger charge is -2.15. The van der Waals surface area contributed by atoms with Gasteiger partial charge in [0.1, 0.15) is 0 Å². The molecule has 2 heterocycles. The zero-order valence-corrected chi connectivity index (χ0v) is 12.1. The molecule has 3 rings (SSSR count). The monoisotopic (exact) mass is 287 g/mol. The standard InChI is InChI=1S/C14H17N5O2/c1-17(2)11-7-5-10(6-8-11)13-15-14-12(19(20)21)4-3-9-18(14)16-13/h5-8,12H,3-4,9H2,1-2H3. The minimum Gasteiger partial charge on any atom is -0.378 e. The predicted molar refractivity (Wildman–Crippen MR) is 78.8 cm³/mol. The van der Waals surface area contributed by atoms with Gasteiger partial charge >= 0.3 is 0 Å². The summed E-state index contributed by atoms with van der Waals surface area (Å²) in [6.07, 6.45) is 1.30. The normalized spacial score (nSPS) is 17.3. The number of fused-ring (bicyclic) bond motifs is 1. The molecule has 2 aromatic rings. The Kier molecular flexibility index (Phi) is 3.32. The largest absolute Gasteiger partial charge is 0.378 e. The van der Waals surface area contributed by atoms with Crippen LogP contribution in [0.2, 0.25) is 0 Å². The lowest BCUT2D eigenvalue weighted by molar-refractivity contribution is -0.533. The molecule has 0 saturated carbocycles. The zero-order valence-electron chi connectivity index (χ0n) is 12.1.